The minimum atomic E-state index is 0.0186. The highest BCUT2D eigenvalue weighted by Gasteiger charge is 2.35. The highest BCUT2D eigenvalue weighted by molar-refractivity contribution is 5.84. The van der Waals surface area contributed by atoms with Gasteiger partial charge in [-0.05, 0) is 59.0 Å². The molecule has 1 aliphatic rings. The summed E-state index contributed by atoms with van der Waals surface area (Å²) in [7, 11) is 0. The molecule has 1 heterocycles. The number of aryl methyl sites for hydroxylation is 1. The van der Waals surface area contributed by atoms with Crippen LogP contribution in [0.15, 0.2) is 67.0 Å². The SMILES string of the molecule is Cc1cc2c(cc1-n1cnc3ccccc31)C(C)(C)c1ccccc1-2. The number of benzene rings is 3. The maximum Gasteiger partial charge on any atom is 0.100 e. The van der Waals surface area contributed by atoms with Crippen molar-refractivity contribution in [2.24, 2.45) is 0 Å². The number of hydrogen-bond acceptors (Lipinski definition) is 1. The van der Waals surface area contributed by atoms with Gasteiger partial charge in [-0.25, -0.2) is 4.98 Å². The van der Waals surface area contributed by atoms with E-state index in [0.29, 0.717) is 0 Å². The predicted molar refractivity (Wildman–Crippen MR) is 103 cm³/mol. The summed E-state index contributed by atoms with van der Waals surface area (Å²) in [5.74, 6) is 0. The molecular formula is C23H20N2. The number of imidazole rings is 1. The Morgan fingerprint density at radius 3 is 2.48 bits per heavy atom. The van der Waals surface area contributed by atoms with Crippen molar-refractivity contribution >= 4 is 11.0 Å². The summed E-state index contributed by atoms with van der Waals surface area (Å²) in [5.41, 5.74) is 10.2. The van der Waals surface area contributed by atoms with Crippen molar-refractivity contribution in [2.45, 2.75) is 26.2 Å². The summed E-state index contributed by atoms with van der Waals surface area (Å²) in [4.78, 5) is 4.57. The van der Waals surface area contributed by atoms with Crippen molar-refractivity contribution < 1.29 is 0 Å². The van der Waals surface area contributed by atoms with Crippen LogP contribution in [0.2, 0.25) is 0 Å². The number of para-hydroxylation sites is 2. The van der Waals surface area contributed by atoms with E-state index in [2.05, 4.69) is 84.9 Å². The van der Waals surface area contributed by atoms with Gasteiger partial charge in [0.1, 0.15) is 6.33 Å². The van der Waals surface area contributed by atoms with E-state index in [1.807, 2.05) is 12.4 Å². The van der Waals surface area contributed by atoms with Crippen molar-refractivity contribution in [3.8, 4) is 16.8 Å². The van der Waals surface area contributed by atoms with Crippen LogP contribution in [0.3, 0.4) is 0 Å². The van der Waals surface area contributed by atoms with Gasteiger partial charge >= 0.3 is 0 Å². The third-order valence-corrected chi connectivity index (χ3v) is 5.61. The van der Waals surface area contributed by atoms with Crippen LogP contribution in [0, 0.1) is 6.92 Å². The van der Waals surface area contributed by atoms with Gasteiger partial charge in [-0.1, -0.05) is 50.2 Å². The van der Waals surface area contributed by atoms with E-state index in [-0.39, 0.29) is 5.41 Å². The van der Waals surface area contributed by atoms with Crippen LogP contribution in [0.25, 0.3) is 27.8 Å². The lowest BCUT2D eigenvalue weighted by Crippen LogP contribution is -2.15. The van der Waals surface area contributed by atoms with E-state index < -0.39 is 0 Å². The lowest BCUT2D eigenvalue weighted by atomic mass is 9.82. The Bertz CT molecular complexity index is 1130. The fourth-order valence-corrected chi connectivity index (χ4v) is 4.26. The molecule has 0 saturated carbocycles. The van der Waals surface area contributed by atoms with Crippen molar-refractivity contribution in [2.75, 3.05) is 0 Å². The monoisotopic (exact) mass is 324 g/mol. The molecule has 25 heavy (non-hydrogen) atoms. The number of nitrogens with zero attached hydrogens (tertiary/aromatic N) is 2. The lowest BCUT2D eigenvalue weighted by molar-refractivity contribution is 0.659. The van der Waals surface area contributed by atoms with E-state index in [9.17, 15) is 0 Å². The Balaban J connectivity index is 1.80. The zero-order valence-corrected chi connectivity index (χ0v) is 14.7. The maximum absolute atomic E-state index is 4.57. The summed E-state index contributed by atoms with van der Waals surface area (Å²) in [6.45, 7) is 6.84. The smallest absolute Gasteiger partial charge is 0.100 e. The van der Waals surface area contributed by atoms with Gasteiger partial charge in [0, 0.05) is 5.41 Å². The quantitative estimate of drug-likeness (QED) is 0.443. The largest absolute Gasteiger partial charge is 0.299 e. The number of hydrogen-bond donors (Lipinski definition) is 0. The molecular weight excluding hydrogens is 304 g/mol. The molecule has 0 spiro atoms. The van der Waals surface area contributed by atoms with Crippen molar-refractivity contribution in [3.05, 3.63) is 83.7 Å². The first-order valence-electron chi connectivity index (χ1n) is 8.75. The maximum atomic E-state index is 4.57. The normalized spacial score (nSPS) is 14.5. The van der Waals surface area contributed by atoms with Crippen molar-refractivity contribution in [3.63, 3.8) is 0 Å². The molecule has 4 aromatic rings. The van der Waals surface area contributed by atoms with Gasteiger partial charge in [0.2, 0.25) is 0 Å². The number of rotatable bonds is 1. The van der Waals surface area contributed by atoms with Gasteiger partial charge < -0.3 is 0 Å². The third-order valence-electron chi connectivity index (χ3n) is 5.61. The first-order chi connectivity index (χ1) is 12.1. The van der Waals surface area contributed by atoms with Crippen molar-refractivity contribution in [1.29, 1.82) is 0 Å². The average molecular weight is 324 g/mol. The van der Waals surface area contributed by atoms with Crippen molar-refractivity contribution in [1.82, 2.24) is 9.55 Å². The van der Waals surface area contributed by atoms with Gasteiger partial charge in [0.15, 0.2) is 0 Å². The molecule has 122 valence electrons. The molecule has 0 amide bonds. The molecule has 1 aromatic heterocycles. The first kappa shape index (κ1) is 14.5. The van der Waals surface area contributed by atoms with Gasteiger partial charge in [-0.3, -0.25) is 4.57 Å². The summed E-state index contributed by atoms with van der Waals surface area (Å²) < 4.78 is 2.21. The highest BCUT2D eigenvalue weighted by Crippen LogP contribution is 2.49. The number of aromatic nitrogens is 2. The van der Waals surface area contributed by atoms with E-state index in [1.165, 1.54) is 33.5 Å². The minimum absolute atomic E-state index is 0.0186. The van der Waals surface area contributed by atoms with Crippen LogP contribution < -0.4 is 0 Å². The van der Waals surface area contributed by atoms with Crippen LogP contribution in [-0.4, -0.2) is 9.55 Å². The Morgan fingerprint density at radius 2 is 1.60 bits per heavy atom. The molecule has 0 N–H and O–H groups in total. The molecule has 0 bridgehead atoms. The standard InChI is InChI=1S/C23H20N2/c1-15-12-17-16-8-4-5-9-18(16)23(2,3)19(17)13-22(15)25-14-24-20-10-6-7-11-21(20)25/h4-14H,1-3H3. The lowest BCUT2D eigenvalue weighted by Gasteiger charge is -2.22. The fraction of sp³-hybridized carbons (Fsp3) is 0.174. The Hall–Kier alpha value is -2.87. The molecule has 0 radical (unpaired) electrons. The fourth-order valence-electron chi connectivity index (χ4n) is 4.26. The Morgan fingerprint density at radius 1 is 0.840 bits per heavy atom. The zero-order valence-electron chi connectivity index (χ0n) is 14.7. The van der Waals surface area contributed by atoms with Crippen LogP contribution in [0.1, 0.15) is 30.5 Å². The van der Waals surface area contributed by atoms with Gasteiger partial charge in [0.25, 0.3) is 0 Å². The van der Waals surface area contributed by atoms with E-state index >= 15 is 0 Å². The molecule has 0 fully saturated rings. The van der Waals surface area contributed by atoms with E-state index in [1.54, 1.807) is 0 Å². The van der Waals surface area contributed by atoms with Crippen LogP contribution in [0.4, 0.5) is 0 Å². The predicted octanol–water partition coefficient (Wildman–Crippen LogP) is 5.64. The van der Waals surface area contributed by atoms with Crippen LogP contribution in [-0.2, 0) is 5.41 Å². The van der Waals surface area contributed by atoms with Gasteiger partial charge in [-0.2, -0.15) is 0 Å². The van der Waals surface area contributed by atoms with Crippen LogP contribution >= 0.6 is 0 Å². The second kappa shape index (κ2) is 4.82. The molecule has 0 unspecified atom stereocenters. The van der Waals surface area contributed by atoms with Gasteiger partial charge in [0.05, 0.1) is 16.7 Å². The summed E-state index contributed by atoms with van der Waals surface area (Å²) >= 11 is 0. The molecule has 3 aromatic carbocycles. The third kappa shape index (κ3) is 1.88. The van der Waals surface area contributed by atoms with Crippen LogP contribution in [0.5, 0.6) is 0 Å². The summed E-state index contributed by atoms with van der Waals surface area (Å²) in [6, 6.07) is 21.8. The Kier molecular flexibility index (Phi) is 2.79. The average Bonchev–Trinajstić information content (AvgIpc) is 3.13. The Labute approximate surface area is 147 Å². The highest BCUT2D eigenvalue weighted by atomic mass is 15.0. The zero-order chi connectivity index (χ0) is 17.2. The molecule has 0 saturated heterocycles. The summed E-state index contributed by atoms with van der Waals surface area (Å²) in [5, 5.41) is 0. The van der Waals surface area contributed by atoms with E-state index in [0.717, 1.165) is 11.0 Å². The molecule has 1 aliphatic carbocycles. The first-order valence-corrected chi connectivity index (χ1v) is 8.75. The van der Waals surface area contributed by atoms with E-state index in [4.69, 9.17) is 0 Å². The second-order valence-corrected chi connectivity index (χ2v) is 7.46. The second-order valence-electron chi connectivity index (χ2n) is 7.46. The molecule has 2 nitrogen and oxygen atoms in total. The molecule has 5 rings (SSSR count). The molecule has 2 heteroatoms. The minimum Gasteiger partial charge on any atom is -0.299 e. The topological polar surface area (TPSA) is 17.8 Å². The van der Waals surface area contributed by atoms with Gasteiger partial charge in [-0.15, -0.1) is 0 Å². The summed E-state index contributed by atoms with van der Waals surface area (Å²) in [6.07, 6.45) is 1.94. The molecule has 0 atom stereocenters. The number of fused-ring (bicyclic) bond motifs is 4. The molecule has 0 aliphatic heterocycles.